The Labute approximate surface area is 76.6 Å². The first-order chi connectivity index (χ1) is 5.84. The van der Waals surface area contributed by atoms with Crippen molar-refractivity contribution in [2.75, 3.05) is 0 Å². The van der Waals surface area contributed by atoms with Crippen LogP contribution in [0.25, 0.3) is 0 Å². The van der Waals surface area contributed by atoms with E-state index in [1.165, 1.54) is 13.0 Å². The molecule has 0 aromatic heterocycles. The quantitative estimate of drug-likeness (QED) is 0.672. The minimum atomic E-state index is -4.34. The number of hydrogen-bond acceptors (Lipinski definition) is 3. The van der Waals surface area contributed by atoms with E-state index in [0.717, 1.165) is 0 Å². The van der Waals surface area contributed by atoms with Crippen LogP contribution < -0.4 is 0 Å². The summed E-state index contributed by atoms with van der Waals surface area (Å²) >= 11 is 0. The van der Waals surface area contributed by atoms with Crippen molar-refractivity contribution in [2.45, 2.75) is 18.7 Å². The first kappa shape index (κ1) is 10.0. The highest BCUT2D eigenvalue weighted by Gasteiger charge is 2.19. The molecule has 0 saturated carbocycles. The third-order valence-corrected chi connectivity index (χ3v) is 2.82. The lowest BCUT2D eigenvalue weighted by Crippen LogP contribution is -2.02. The first-order valence-electron chi connectivity index (χ1n) is 3.60. The molecule has 0 heterocycles. The molecule has 4 nitrogen and oxygen atoms in total. The van der Waals surface area contributed by atoms with E-state index in [4.69, 9.17) is 4.55 Å². The molecule has 1 aromatic carbocycles. The number of aryl methyl sites for hydroxylation is 2. The van der Waals surface area contributed by atoms with Gasteiger partial charge in [0.15, 0.2) is 0 Å². The normalized spacial score (nSPS) is 11.6. The number of aromatic hydroxyl groups is 1. The van der Waals surface area contributed by atoms with Gasteiger partial charge in [-0.1, -0.05) is 12.1 Å². The summed E-state index contributed by atoms with van der Waals surface area (Å²) in [6.45, 7) is 3.06. The van der Waals surface area contributed by atoms with Crippen molar-refractivity contribution in [2.24, 2.45) is 0 Å². The average Bonchev–Trinajstić information content (AvgIpc) is 1.95. The first-order valence-corrected chi connectivity index (χ1v) is 5.04. The van der Waals surface area contributed by atoms with Crippen molar-refractivity contribution in [3.05, 3.63) is 23.3 Å². The van der Waals surface area contributed by atoms with E-state index >= 15 is 0 Å². The van der Waals surface area contributed by atoms with Gasteiger partial charge in [0.05, 0.1) is 0 Å². The standard InChI is InChI=1S/C8H10O4S/c1-5-3-4-6(2)8(7(5)9)13(10,11)12/h3-4,9H,1-2H3,(H,10,11,12). The zero-order valence-electron chi connectivity index (χ0n) is 7.27. The molecule has 1 aromatic rings. The Kier molecular flexibility index (Phi) is 2.32. The summed E-state index contributed by atoms with van der Waals surface area (Å²) in [7, 11) is -4.34. The highest BCUT2D eigenvalue weighted by Crippen LogP contribution is 2.28. The second kappa shape index (κ2) is 3.01. The monoisotopic (exact) mass is 202 g/mol. The molecule has 0 bridgehead atoms. The van der Waals surface area contributed by atoms with Crippen LogP contribution >= 0.6 is 0 Å². The number of phenols is 1. The predicted octanol–water partition coefficient (Wildman–Crippen LogP) is 1.26. The zero-order valence-corrected chi connectivity index (χ0v) is 8.09. The van der Waals surface area contributed by atoms with E-state index in [0.29, 0.717) is 11.1 Å². The van der Waals surface area contributed by atoms with Crippen LogP contribution in [0, 0.1) is 13.8 Å². The van der Waals surface area contributed by atoms with Gasteiger partial charge in [-0.25, -0.2) is 0 Å². The van der Waals surface area contributed by atoms with E-state index in [2.05, 4.69) is 0 Å². The summed E-state index contributed by atoms with van der Waals surface area (Å²) in [5.41, 5.74) is 0.740. The fourth-order valence-electron chi connectivity index (χ4n) is 1.10. The van der Waals surface area contributed by atoms with Gasteiger partial charge in [-0.2, -0.15) is 8.42 Å². The molecular formula is C8H10O4S. The summed E-state index contributed by atoms with van der Waals surface area (Å²) in [5, 5.41) is 9.37. The van der Waals surface area contributed by atoms with Gasteiger partial charge >= 0.3 is 0 Å². The van der Waals surface area contributed by atoms with Crippen LogP contribution in [0.3, 0.4) is 0 Å². The van der Waals surface area contributed by atoms with E-state index in [-0.39, 0.29) is 5.75 Å². The number of phenolic OH excluding ortho intramolecular Hbond substituents is 1. The van der Waals surface area contributed by atoms with Crippen molar-refractivity contribution in [1.82, 2.24) is 0 Å². The average molecular weight is 202 g/mol. The molecule has 0 saturated heterocycles. The van der Waals surface area contributed by atoms with Gasteiger partial charge in [0.2, 0.25) is 0 Å². The SMILES string of the molecule is Cc1ccc(C)c(S(=O)(=O)O)c1O. The lowest BCUT2D eigenvalue weighted by atomic mass is 10.1. The highest BCUT2D eigenvalue weighted by molar-refractivity contribution is 7.86. The summed E-state index contributed by atoms with van der Waals surface area (Å²) in [6, 6.07) is 3.11. The molecule has 0 radical (unpaired) electrons. The van der Waals surface area contributed by atoms with Gasteiger partial charge in [0.25, 0.3) is 10.1 Å². The van der Waals surface area contributed by atoms with Gasteiger partial charge < -0.3 is 5.11 Å². The molecule has 0 atom stereocenters. The fourth-order valence-corrected chi connectivity index (χ4v) is 1.98. The Balaban J connectivity index is 3.62. The summed E-state index contributed by atoms with van der Waals surface area (Å²) in [5.74, 6) is -0.387. The van der Waals surface area contributed by atoms with Crippen molar-refractivity contribution in [3.8, 4) is 5.75 Å². The van der Waals surface area contributed by atoms with E-state index in [9.17, 15) is 13.5 Å². The minimum Gasteiger partial charge on any atom is -0.506 e. The molecule has 0 amide bonds. The second-order valence-corrected chi connectivity index (χ2v) is 4.21. The number of benzene rings is 1. The van der Waals surface area contributed by atoms with Crippen LogP contribution in [-0.2, 0) is 10.1 Å². The minimum absolute atomic E-state index is 0.325. The Bertz CT molecular complexity index is 434. The van der Waals surface area contributed by atoms with E-state index < -0.39 is 15.0 Å². The second-order valence-electron chi connectivity index (χ2n) is 2.85. The smallest absolute Gasteiger partial charge is 0.298 e. The van der Waals surface area contributed by atoms with Gasteiger partial charge in [0.1, 0.15) is 10.6 Å². The Hall–Kier alpha value is -1.07. The summed E-state index contributed by atoms with van der Waals surface area (Å²) in [4.78, 5) is -0.410. The molecule has 0 aliphatic carbocycles. The van der Waals surface area contributed by atoms with Crippen molar-refractivity contribution < 1.29 is 18.1 Å². The molecule has 72 valence electrons. The molecule has 13 heavy (non-hydrogen) atoms. The molecular weight excluding hydrogens is 192 g/mol. The van der Waals surface area contributed by atoms with Crippen LogP contribution in [0.2, 0.25) is 0 Å². The molecule has 0 spiro atoms. The van der Waals surface area contributed by atoms with Crippen LogP contribution in [0.1, 0.15) is 11.1 Å². The summed E-state index contributed by atoms with van der Waals surface area (Å²) < 4.78 is 30.4. The Morgan fingerprint density at radius 1 is 1.15 bits per heavy atom. The van der Waals surface area contributed by atoms with Crippen molar-refractivity contribution >= 4 is 10.1 Å². The number of hydrogen-bond donors (Lipinski definition) is 2. The maximum atomic E-state index is 10.8. The third kappa shape index (κ3) is 1.81. The van der Waals surface area contributed by atoms with Crippen molar-refractivity contribution in [1.29, 1.82) is 0 Å². The van der Waals surface area contributed by atoms with E-state index in [1.807, 2.05) is 0 Å². The third-order valence-electron chi connectivity index (χ3n) is 1.79. The molecule has 0 unspecified atom stereocenters. The van der Waals surface area contributed by atoms with Crippen LogP contribution in [-0.4, -0.2) is 18.1 Å². The zero-order chi connectivity index (χ0) is 10.2. The lowest BCUT2D eigenvalue weighted by molar-refractivity contribution is 0.439. The van der Waals surface area contributed by atoms with Crippen LogP contribution in [0.15, 0.2) is 17.0 Å². The Morgan fingerprint density at radius 2 is 1.62 bits per heavy atom. The summed E-state index contributed by atoms with van der Waals surface area (Å²) in [6.07, 6.45) is 0. The van der Waals surface area contributed by atoms with Gasteiger partial charge in [0, 0.05) is 0 Å². The molecule has 2 N–H and O–H groups in total. The van der Waals surface area contributed by atoms with E-state index in [1.54, 1.807) is 13.0 Å². The predicted molar refractivity (Wildman–Crippen MR) is 47.4 cm³/mol. The maximum Gasteiger partial charge on any atom is 0.298 e. The fraction of sp³-hybridized carbons (Fsp3) is 0.250. The molecule has 0 aliphatic rings. The van der Waals surface area contributed by atoms with Gasteiger partial charge in [-0.15, -0.1) is 0 Å². The number of rotatable bonds is 1. The van der Waals surface area contributed by atoms with Crippen LogP contribution in [0.5, 0.6) is 5.75 Å². The van der Waals surface area contributed by atoms with Gasteiger partial charge in [-0.05, 0) is 25.0 Å². The lowest BCUT2D eigenvalue weighted by Gasteiger charge is -2.06. The van der Waals surface area contributed by atoms with Crippen molar-refractivity contribution in [3.63, 3.8) is 0 Å². The van der Waals surface area contributed by atoms with Crippen LogP contribution in [0.4, 0.5) is 0 Å². The largest absolute Gasteiger partial charge is 0.506 e. The molecule has 1 rings (SSSR count). The molecule has 0 fully saturated rings. The van der Waals surface area contributed by atoms with Gasteiger partial charge in [-0.3, -0.25) is 4.55 Å². The Morgan fingerprint density at radius 3 is 2.00 bits per heavy atom. The molecule has 0 aliphatic heterocycles. The highest BCUT2D eigenvalue weighted by atomic mass is 32.2. The topological polar surface area (TPSA) is 74.6 Å². The maximum absolute atomic E-state index is 10.8. The molecule has 5 heteroatoms.